The first-order valence-electron chi connectivity index (χ1n) is 3.24. The van der Waals surface area contributed by atoms with E-state index in [0.29, 0.717) is 12.4 Å². The molecule has 0 aliphatic carbocycles. The molecule has 0 aromatic rings. The van der Waals surface area contributed by atoms with Crippen molar-refractivity contribution in [3.8, 4) is 0 Å². The van der Waals surface area contributed by atoms with E-state index in [1.807, 2.05) is 6.92 Å². The van der Waals surface area contributed by atoms with Crippen LogP contribution in [0.3, 0.4) is 0 Å². The molecule has 0 fully saturated rings. The fraction of sp³-hybridized carbons (Fsp3) is 0.800. The molecule has 1 heterocycles. The topological polar surface area (TPSA) is 93.7 Å². The van der Waals surface area contributed by atoms with E-state index in [-0.39, 0.29) is 0 Å². The molecule has 0 saturated carbocycles. The summed E-state index contributed by atoms with van der Waals surface area (Å²) < 4.78 is 0. The van der Waals surface area contributed by atoms with E-state index in [4.69, 9.17) is 17.3 Å². The van der Waals surface area contributed by atoms with Crippen molar-refractivity contribution >= 4 is 5.84 Å². The van der Waals surface area contributed by atoms with Gasteiger partial charge in [0.25, 0.3) is 0 Å². The highest BCUT2D eigenvalue weighted by Gasteiger charge is 2.34. The molecular formula is C5H13N5. The average Bonchev–Trinajstić information content (AvgIpc) is 2.09. The first kappa shape index (κ1) is 7.30. The van der Waals surface area contributed by atoms with Crippen LogP contribution in [-0.4, -0.2) is 23.0 Å². The standard InChI is InChI=1S/C5H13N5/c1-2-5(7)3-10(8)9-4(5)6/h2-3,7-8H2,1H3,(H2,6,9). The molecule has 0 amide bonds. The second kappa shape index (κ2) is 2.10. The van der Waals surface area contributed by atoms with Gasteiger partial charge in [0.05, 0.1) is 12.1 Å². The molecular weight excluding hydrogens is 130 g/mol. The van der Waals surface area contributed by atoms with E-state index in [2.05, 4.69) is 5.10 Å². The molecule has 0 aromatic carbocycles. The van der Waals surface area contributed by atoms with Crippen molar-refractivity contribution < 1.29 is 0 Å². The zero-order valence-corrected chi connectivity index (χ0v) is 6.04. The molecule has 1 atom stereocenters. The Hall–Kier alpha value is -0.810. The van der Waals surface area contributed by atoms with Crippen molar-refractivity contribution in [1.82, 2.24) is 5.12 Å². The second-order valence-electron chi connectivity index (χ2n) is 2.59. The third-order valence-corrected chi connectivity index (χ3v) is 1.82. The Kier molecular flexibility index (Phi) is 1.53. The first-order valence-corrected chi connectivity index (χ1v) is 3.24. The highest BCUT2D eigenvalue weighted by molar-refractivity contribution is 5.91. The summed E-state index contributed by atoms with van der Waals surface area (Å²) in [6.45, 7) is 2.47. The van der Waals surface area contributed by atoms with Crippen LogP contribution in [0.5, 0.6) is 0 Å². The average molecular weight is 143 g/mol. The molecule has 0 spiro atoms. The smallest absolute Gasteiger partial charge is 0.143 e. The quantitative estimate of drug-likeness (QED) is 0.392. The normalized spacial score (nSPS) is 32.7. The van der Waals surface area contributed by atoms with Gasteiger partial charge in [-0.15, -0.1) is 5.10 Å². The van der Waals surface area contributed by atoms with Crippen LogP contribution < -0.4 is 17.3 Å². The summed E-state index contributed by atoms with van der Waals surface area (Å²) in [5.41, 5.74) is 10.8. The Bertz CT molecular complexity index is 165. The van der Waals surface area contributed by atoms with Gasteiger partial charge in [-0.3, -0.25) is 0 Å². The number of hydrogen-bond acceptors (Lipinski definition) is 5. The maximum Gasteiger partial charge on any atom is 0.143 e. The molecule has 5 heteroatoms. The van der Waals surface area contributed by atoms with Crippen LogP contribution in [0.4, 0.5) is 0 Å². The number of amidine groups is 1. The minimum absolute atomic E-state index is 0.428. The Morgan fingerprint density at radius 1 is 1.80 bits per heavy atom. The van der Waals surface area contributed by atoms with Crippen LogP contribution in [0.15, 0.2) is 5.10 Å². The molecule has 0 aromatic heterocycles. The van der Waals surface area contributed by atoms with Crippen LogP contribution in [-0.2, 0) is 0 Å². The molecule has 5 nitrogen and oxygen atoms in total. The minimum atomic E-state index is -0.505. The van der Waals surface area contributed by atoms with Gasteiger partial charge in [-0.1, -0.05) is 6.92 Å². The third-order valence-electron chi connectivity index (χ3n) is 1.82. The number of rotatable bonds is 1. The number of nitrogens with zero attached hydrogens (tertiary/aromatic N) is 2. The van der Waals surface area contributed by atoms with Gasteiger partial charge in [-0.05, 0) is 6.42 Å². The van der Waals surface area contributed by atoms with Gasteiger partial charge in [0.2, 0.25) is 0 Å². The van der Waals surface area contributed by atoms with E-state index < -0.39 is 5.54 Å². The molecule has 1 aliphatic heterocycles. The summed E-state index contributed by atoms with van der Waals surface area (Å²) in [4.78, 5) is 0. The summed E-state index contributed by atoms with van der Waals surface area (Å²) in [6.07, 6.45) is 0.760. The molecule has 1 unspecified atom stereocenters. The lowest BCUT2D eigenvalue weighted by Gasteiger charge is -2.20. The van der Waals surface area contributed by atoms with Crippen LogP contribution in [0.2, 0.25) is 0 Å². The van der Waals surface area contributed by atoms with Crippen molar-refractivity contribution in [2.75, 3.05) is 6.54 Å². The Labute approximate surface area is 59.8 Å². The second-order valence-corrected chi connectivity index (χ2v) is 2.59. The van der Waals surface area contributed by atoms with Gasteiger partial charge in [0.1, 0.15) is 5.84 Å². The van der Waals surface area contributed by atoms with Gasteiger partial charge in [0.15, 0.2) is 0 Å². The van der Waals surface area contributed by atoms with Crippen molar-refractivity contribution in [1.29, 1.82) is 0 Å². The van der Waals surface area contributed by atoms with Gasteiger partial charge in [0, 0.05) is 0 Å². The summed E-state index contributed by atoms with van der Waals surface area (Å²) in [5.74, 6) is 5.79. The van der Waals surface area contributed by atoms with Gasteiger partial charge < -0.3 is 11.5 Å². The highest BCUT2D eigenvalue weighted by atomic mass is 15.7. The summed E-state index contributed by atoms with van der Waals surface area (Å²) >= 11 is 0. The van der Waals surface area contributed by atoms with E-state index >= 15 is 0 Å². The summed E-state index contributed by atoms with van der Waals surface area (Å²) in [7, 11) is 0. The number of hydrogen-bond donors (Lipinski definition) is 3. The van der Waals surface area contributed by atoms with Crippen molar-refractivity contribution in [3.05, 3.63) is 0 Å². The molecule has 6 N–H and O–H groups in total. The first-order chi connectivity index (χ1) is 4.58. The summed E-state index contributed by atoms with van der Waals surface area (Å²) in [6, 6.07) is 0. The molecule has 10 heavy (non-hydrogen) atoms. The maximum atomic E-state index is 5.81. The Morgan fingerprint density at radius 3 is 2.60 bits per heavy atom. The monoisotopic (exact) mass is 143 g/mol. The minimum Gasteiger partial charge on any atom is -0.384 e. The maximum absolute atomic E-state index is 5.81. The molecule has 0 saturated heterocycles. The lowest BCUT2D eigenvalue weighted by Crippen LogP contribution is -2.53. The predicted molar refractivity (Wildman–Crippen MR) is 39.7 cm³/mol. The van der Waals surface area contributed by atoms with Crippen molar-refractivity contribution in [2.45, 2.75) is 18.9 Å². The fourth-order valence-electron chi connectivity index (χ4n) is 0.936. The molecule has 1 aliphatic rings. The molecule has 0 bridgehead atoms. The number of nitrogens with two attached hydrogens (primary N) is 3. The van der Waals surface area contributed by atoms with Crippen molar-refractivity contribution in [2.24, 2.45) is 22.4 Å². The third kappa shape index (κ3) is 0.932. The molecule has 0 radical (unpaired) electrons. The van der Waals surface area contributed by atoms with E-state index in [1.54, 1.807) is 0 Å². The van der Waals surface area contributed by atoms with Crippen LogP contribution in [0.25, 0.3) is 0 Å². The van der Waals surface area contributed by atoms with Gasteiger partial charge in [-0.25, -0.2) is 11.0 Å². The van der Waals surface area contributed by atoms with E-state index in [9.17, 15) is 0 Å². The van der Waals surface area contributed by atoms with Gasteiger partial charge >= 0.3 is 0 Å². The fourth-order valence-corrected chi connectivity index (χ4v) is 0.936. The SMILES string of the molecule is CCC1(N)CN(N)N=C1N. The van der Waals surface area contributed by atoms with Gasteiger partial charge in [-0.2, -0.15) is 0 Å². The molecule has 1 rings (SSSR count). The predicted octanol–water partition coefficient (Wildman–Crippen LogP) is -1.44. The Morgan fingerprint density at radius 2 is 2.40 bits per heavy atom. The molecule has 58 valence electrons. The highest BCUT2D eigenvalue weighted by Crippen LogP contribution is 2.13. The Balaban J connectivity index is 2.76. The largest absolute Gasteiger partial charge is 0.384 e. The lowest BCUT2D eigenvalue weighted by atomic mass is 9.98. The van der Waals surface area contributed by atoms with E-state index in [1.165, 1.54) is 5.12 Å². The number of hydrazone groups is 1. The van der Waals surface area contributed by atoms with Crippen LogP contribution >= 0.6 is 0 Å². The van der Waals surface area contributed by atoms with Crippen molar-refractivity contribution in [3.63, 3.8) is 0 Å². The number of hydrazine groups is 1. The van der Waals surface area contributed by atoms with Crippen LogP contribution in [0, 0.1) is 0 Å². The lowest BCUT2D eigenvalue weighted by molar-refractivity contribution is 0.288. The van der Waals surface area contributed by atoms with E-state index in [0.717, 1.165) is 6.42 Å². The summed E-state index contributed by atoms with van der Waals surface area (Å²) in [5, 5.41) is 5.07. The zero-order valence-electron chi connectivity index (χ0n) is 6.04. The van der Waals surface area contributed by atoms with Crippen LogP contribution in [0.1, 0.15) is 13.3 Å². The zero-order chi connectivity index (χ0) is 7.78.